The van der Waals surface area contributed by atoms with Crippen LogP contribution in [0.4, 0.5) is 0 Å². The van der Waals surface area contributed by atoms with Gasteiger partial charge in [0.25, 0.3) is 5.91 Å². The van der Waals surface area contributed by atoms with Gasteiger partial charge in [0.15, 0.2) is 6.61 Å². The largest absolute Gasteiger partial charge is 0.481 e. The number of aliphatic carboxylic acids is 1. The number of amides is 1. The summed E-state index contributed by atoms with van der Waals surface area (Å²) in [6, 6.07) is 4.05. The van der Waals surface area contributed by atoms with E-state index in [1.165, 1.54) is 25.7 Å². The van der Waals surface area contributed by atoms with Crippen LogP contribution in [0.5, 0.6) is 5.75 Å². The minimum absolute atomic E-state index is 0.104. The van der Waals surface area contributed by atoms with Gasteiger partial charge in [0.1, 0.15) is 5.75 Å². The molecule has 1 N–H and O–H groups in total. The third-order valence-corrected chi connectivity index (χ3v) is 5.55. The molecule has 1 saturated heterocycles. The zero-order valence-electron chi connectivity index (χ0n) is 15.1. The maximum absolute atomic E-state index is 13.1. The summed E-state index contributed by atoms with van der Waals surface area (Å²) in [6.45, 7) is 4.20. The highest BCUT2D eigenvalue weighted by Crippen LogP contribution is 2.36. The second kappa shape index (κ2) is 7.46. The maximum atomic E-state index is 13.1. The Bertz CT molecular complexity index is 645. The number of rotatable bonds is 4. The average Bonchev–Trinajstić information content (AvgIpc) is 2.59. The smallest absolute Gasteiger partial charge is 0.341 e. The van der Waals surface area contributed by atoms with Crippen molar-refractivity contribution in [1.29, 1.82) is 0 Å². The van der Waals surface area contributed by atoms with E-state index in [2.05, 4.69) is 4.90 Å². The SMILES string of the molecule is Cc1cc(C(=O)N2CCC[C@H]3CCCC[C@H]32)cc(C)c1OCC(=O)O. The lowest BCUT2D eigenvalue weighted by Gasteiger charge is -2.44. The van der Waals surface area contributed by atoms with Crippen LogP contribution in [0.1, 0.15) is 60.0 Å². The predicted molar refractivity (Wildman–Crippen MR) is 95.1 cm³/mol. The first kappa shape index (κ1) is 17.8. The van der Waals surface area contributed by atoms with Gasteiger partial charge in [-0.15, -0.1) is 0 Å². The van der Waals surface area contributed by atoms with E-state index in [0.29, 0.717) is 23.3 Å². The van der Waals surface area contributed by atoms with Crippen LogP contribution < -0.4 is 4.74 Å². The molecule has 2 aliphatic rings. The van der Waals surface area contributed by atoms with Gasteiger partial charge in [-0.3, -0.25) is 4.79 Å². The fraction of sp³-hybridized carbons (Fsp3) is 0.600. The highest BCUT2D eigenvalue weighted by Gasteiger charge is 2.36. The normalized spacial score (nSPS) is 23.0. The molecule has 1 aromatic carbocycles. The molecule has 1 aliphatic carbocycles. The van der Waals surface area contributed by atoms with E-state index < -0.39 is 5.97 Å². The van der Waals surface area contributed by atoms with Crippen molar-refractivity contribution in [3.63, 3.8) is 0 Å². The third kappa shape index (κ3) is 3.80. The zero-order valence-corrected chi connectivity index (χ0v) is 15.1. The molecule has 2 fully saturated rings. The molecule has 1 aliphatic heterocycles. The number of aryl methyl sites for hydroxylation is 2. The van der Waals surface area contributed by atoms with Crippen molar-refractivity contribution in [3.05, 3.63) is 28.8 Å². The first-order valence-electron chi connectivity index (χ1n) is 9.24. The van der Waals surface area contributed by atoms with E-state index in [0.717, 1.165) is 30.5 Å². The molecule has 0 bridgehead atoms. The van der Waals surface area contributed by atoms with Gasteiger partial charge in [-0.25, -0.2) is 4.79 Å². The van der Waals surface area contributed by atoms with Gasteiger partial charge in [0.05, 0.1) is 0 Å². The van der Waals surface area contributed by atoms with Crippen molar-refractivity contribution in [3.8, 4) is 5.75 Å². The molecule has 0 spiro atoms. The van der Waals surface area contributed by atoms with Crippen LogP contribution in [0, 0.1) is 19.8 Å². The third-order valence-electron chi connectivity index (χ3n) is 5.55. The molecular formula is C20H27NO4. The van der Waals surface area contributed by atoms with Crippen molar-refractivity contribution < 1.29 is 19.4 Å². The van der Waals surface area contributed by atoms with Gasteiger partial charge in [-0.05, 0) is 68.7 Å². The number of carbonyl (C=O) groups is 2. The molecule has 1 amide bonds. The highest BCUT2D eigenvalue weighted by molar-refractivity contribution is 5.95. The van der Waals surface area contributed by atoms with Crippen molar-refractivity contribution in [1.82, 2.24) is 4.90 Å². The van der Waals surface area contributed by atoms with Crippen molar-refractivity contribution in [2.45, 2.75) is 58.4 Å². The molecule has 0 radical (unpaired) electrons. The quantitative estimate of drug-likeness (QED) is 0.906. The van der Waals surface area contributed by atoms with Crippen molar-refractivity contribution in [2.75, 3.05) is 13.2 Å². The topological polar surface area (TPSA) is 66.8 Å². The lowest BCUT2D eigenvalue weighted by Crippen LogP contribution is -2.49. The van der Waals surface area contributed by atoms with E-state index in [4.69, 9.17) is 9.84 Å². The average molecular weight is 345 g/mol. The van der Waals surface area contributed by atoms with Crippen LogP contribution in [0.15, 0.2) is 12.1 Å². The van der Waals surface area contributed by atoms with Crippen molar-refractivity contribution in [2.24, 2.45) is 5.92 Å². The number of fused-ring (bicyclic) bond motifs is 1. The molecular weight excluding hydrogens is 318 g/mol. The fourth-order valence-corrected chi connectivity index (χ4v) is 4.48. The Morgan fingerprint density at radius 2 is 1.76 bits per heavy atom. The predicted octanol–water partition coefficient (Wildman–Crippen LogP) is 3.56. The number of piperidine rings is 1. The summed E-state index contributed by atoms with van der Waals surface area (Å²) in [7, 11) is 0. The molecule has 1 aromatic rings. The summed E-state index contributed by atoms with van der Waals surface area (Å²) in [5, 5.41) is 8.79. The van der Waals surface area contributed by atoms with E-state index >= 15 is 0 Å². The summed E-state index contributed by atoms with van der Waals surface area (Å²) in [4.78, 5) is 25.9. The molecule has 1 saturated carbocycles. The second-order valence-electron chi connectivity index (χ2n) is 7.37. The van der Waals surface area contributed by atoms with E-state index in [-0.39, 0.29) is 12.5 Å². The van der Waals surface area contributed by atoms with Gasteiger partial charge < -0.3 is 14.7 Å². The lowest BCUT2D eigenvalue weighted by molar-refractivity contribution is -0.139. The lowest BCUT2D eigenvalue weighted by atomic mass is 9.78. The van der Waals surface area contributed by atoms with Crippen molar-refractivity contribution >= 4 is 11.9 Å². The van der Waals surface area contributed by atoms with Gasteiger partial charge in [-0.1, -0.05) is 12.8 Å². The van der Waals surface area contributed by atoms with Crippen LogP contribution >= 0.6 is 0 Å². The Morgan fingerprint density at radius 3 is 2.44 bits per heavy atom. The summed E-state index contributed by atoms with van der Waals surface area (Å²) in [6.07, 6.45) is 7.20. The Labute approximate surface area is 149 Å². The standard InChI is InChI=1S/C20H27NO4/c1-13-10-16(11-14(2)19(13)25-12-18(22)23)20(24)21-9-5-7-15-6-3-4-8-17(15)21/h10-11,15,17H,3-9,12H2,1-2H3,(H,22,23)/t15-,17-/m1/s1. The van der Waals surface area contributed by atoms with Gasteiger partial charge in [0, 0.05) is 18.2 Å². The molecule has 136 valence electrons. The van der Waals surface area contributed by atoms with Crippen LogP contribution in [-0.2, 0) is 4.79 Å². The molecule has 25 heavy (non-hydrogen) atoms. The second-order valence-corrected chi connectivity index (χ2v) is 7.37. The van der Waals surface area contributed by atoms with Crippen LogP contribution in [0.25, 0.3) is 0 Å². The van der Waals surface area contributed by atoms with Gasteiger partial charge in [0.2, 0.25) is 0 Å². The van der Waals surface area contributed by atoms with E-state index in [9.17, 15) is 9.59 Å². The maximum Gasteiger partial charge on any atom is 0.341 e. The first-order chi connectivity index (χ1) is 12.0. The Hall–Kier alpha value is -2.04. The molecule has 2 atom stereocenters. The number of likely N-dealkylation sites (tertiary alicyclic amines) is 1. The van der Waals surface area contributed by atoms with Crippen LogP contribution in [0.2, 0.25) is 0 Å². The monoisotopic (exact) mass is 345 g/mol. The minimum atomic E-state index is -1.00. The van der Waals surface area contributed by atoms with E-state index in [1.54, 1.807) is 0 Å². The number of benzene rings is 1. The number of carboxylic acid groups (broad SMARTS) is 1. The molecule has 3 rings (SSSR count). The number of carbonyl (C=O) groups excluding carboxylic acids is 1. The molecule has 0 unspecified atom stereocenters. The summed E-state index contributed by atoms with van der Waals surface area (Å²) in [5.74, 6) is 0.322. The molecule has 0 aromatic heterocycles. The van der Waals surface area contributed by atoms with Gasteiger partial charge >= 0.3 is 5.97 Å². The first-order valence-corrected chi connectivity index (χ1v) is 9.24. The molecule has 1 heterocycles. The Balaban J connectivity index is 1.80. The number of carboxylic acids is 1. The Morgan fingerprint density at radius 1 is 1.12 bits per heavy atom. The highest BCUT2D eigenvalue weighted by atomic mass is 16.5. The molecule has 5 heteroatoms. The van der Waals surface area contributed by atoms with Crippen LogP contribution in [0.3, 0.4) is 0 Å². The van der Waals surface area contributed by atoms with Gasteiger partial charge in [-0.2, -0.15) is 0 Å². The number of hydrogen-bond acceptors (Lipinski definition) is 3. The fourth-order valence-electron chi connectivity index (χ4n) is 4.48. The number of ether oxygens (including phenoxy) is 1. The summed E-state index contributed by atoms with van der Waals surface area (Å²) in [5.41, 5.74) is 2.30. The number of hydrogen-bond donors (Lipinski definition) is 1. The Kier molecular flexibility index (Phi) is 5.30. The van der Waals surface area contributed by atoms with Crippen LogP contribution in [-0.4, -0.2) is 41.1 Å². The zero-order chi connectivity index (χ0) is 18.0. The minimum Gasteiger partial charge on any atom is -0.481 e. The number of nitrogens with zero attached hydrogens (tertiary/aromatic N) is 1. The molecule has 5 nitrogen and oxygen atoms in total. The summed E-state index contributed by atoms with van der Waals surface area (Å²) >= 11 is 0. The summed E-state index contributed by atoms with van der Waals surface area (Å²) < 4.78 is 5.37. The van der Waals surface area contributed by atoms with E-state index in [1.807, 2.05) is 26.0 Å².